The van der Waals surface area contributed by atoms with Crippen molar-refractivity contribution < 1.29 is 9.47 Å². The van der Waals surface area contributed by atoms with Gasteiger partial charge in [-0.3, -0.25) is 4.99 Å². The molecule has 6 nitrogen and oxygen atoms in total. The van der Waals surface area contributed by atoms with Gasteiger partial charge in [-0.05, 0) is 26.8 Å². The van der Waals surface area contributed by atoms with Crippen LogP contribution in [-0.4, -0.2) is 77.1 Å². The van der Waals surface area contributed by atoms with Gasteiger partial charge in [0.1, 0.15) is 0 Å². The molecule has 0 amide bonds. The second kappa shape index (κ2) is 10.9. The highest BCUT2D eigenvalue weighted by molar-refractivity contribution is 5.79. The first-order valence-electron chi connectivity index (χ1n) is 7.58. The van der Waals surface area contributed by atoms with Gasteiger partial charge in [0.25, 0.3) is 0 Å². The Kier molecular flexibility index (Phi) is 9.36. The molecule has 118 valence electrons. The summed E-state index contributed by atoms with van der Waals surface area (Å²) in [6.45, 7) is 8.17. The van der Waals surface area contributed by atoms with Crippen LogP contribution in [0.5, 0.6) is 0 Å². The Morgan fingerprint density at radius 1 is 1.40 bits per heavy atom. The summed E-state index contributed by atoms with van der Waals surface area (Å²) < 4.78 is 11.0. The fourth-order valence-corrected chi connectivity index (χ4v) is 2.10. The van der Waals surface area contributed by atoms with E-state index in [9.17, 15) is 0 Å². The summed E-state index contributed by atoms with van der Waals surface area (Å²) in [5.74, 6) is 0.846. The van der Waals surface area contributed by atoms with E-state index in [1.807, 2.05) is 6.92 Å². The smallest absolute Gasteiger partial charge is 0.191 e. The molecule has 1 fully saturated rings. The van der Waals surface area contributed by atoms with Gasteiger partial charge in [0, 0.05) is 46.4 Å². The van der Waals surface area contributed by atoms with Crippen LogP contribution in [0.3, 0.4) is 0 Å². The van der Waals surface area contributed by atoms with Gasteiger partial charge in [-0.1, -0.05) is 0 Å². The molecule has 0 radical (unpaired) electrons. The number of hydrogen-bond acceptors (Lipinski definition) is 4. The molecule has 0 aliphatic carbocycles. The molecule has 0 aromatic rings. The number of hydrogen-bond donors (Lipinski definition) is 2. The van der Waals surface area contributed by atoms with Crippen LogP contribution in [0.2, 0.25) is 0 Å². The normalized spacial score (nSPS) is 20.9. The Hall–Kier alpha value is -0.850. The van der Waals surface area contributed by atoms with E-state index in [0.717, 1.165) is 64.8 Å². The summed E-state index contributed by atoms with van der Waals surface area (Å²) in [5, 5.41) is 6.63. The van der Waals surface area contributed by atoms with Crippen LogP contribution in [0.25, 0.3) is 0 Å². The van der Waals surface area contributed by atoms with Crippen molar-refractivity contribution in [2.75, 3.05) is 60.1 Å². The minimum atomic E-state index is 0.241. The predicted molar refractivity (Wildman–Crippen MR) is 82.3 cm³/mol. The molecule has 0 aromatic carbocycles. The molecule has 6 heteroatoms. The van der Waals surface area contributed by atoms with Crippen molar-refractivity contribution in [3.63, 3.8) is 0 Å². The molecule has 0 aromatic heterocycles. The third-order valence-corrected chi connectivity index (χ3v) is 3.27. The van der Waals surface area contributed by atoms with E-state index >= 15 is 0 Å². The van der Waals surface area contributed by atoms with Gasteiger partial charge in [-0.25, -0.2) is 0 Å². The Morgan fingerprint density at radius 2 is 2.25 bits per heavy atom. The van der Waals surface area contributed by atoms with Gasteiger partial charge in [-0.2, -0.15) is 0 Å². The van der Waals surface area contributed by atoms with Crippen molar-refractivity contribution in [1.29, 1.82) is 0 Å². The molecular weight excluding hydrogens is 256 g/mol. The van der Waals surface area contributed by atoms with E-state index in [1.54, 1.807) is 7.05 Å². The summed E-state index contributed by atoms with van der Waals surface area (Å²) in [7, 11) is 3.92. The second-order valence-electron chi connectivity index (χ2n) is 5.04. The number of likely N-dealkylation sites (N-methyl/N-ethyl adjacent to an activating group) is 1. The number of ether oxygens (including phenoxy) is 2. The number of unbranched alkanes of at least 4 members (excludes halogenated alkanes) is 1. The minimum Gasteiger partial charge on any atom is -0.382 e. The SMILES string of the molecule is CCOCCCCNC(=NC)NCC1CN(C)CCO1. The standard InChI is InChI=1S/C14H30N4O2/c1-4-19-9-6-5-7-16-14(15-2)17-11-13-12-18(3)8-10-20-13/h13H,4-12H2,1-3H3,(H2,15,16,17). The molecule has 1 saturated heterocycles. The third kappa shape index (κ3) is 7.67. The Balaban J connectivity index is 2.07. The zero-order valence-electron chi connectivity index (χ0n) is 13.2. The molecule has 1 atom stereocenters. The highest BCUT2D eigenvalue weighted by atomic mass is 16.5. The quantitative estimate of drug-likeness (QED) is 0.382. The summed E-state index contributed by atoms with van der Waals surface area (Å²) in [4.78, 5) is 6.51. The Labute approximate surface area is 122 Å². The van der Waals surface area contributed by atoms with Gasteiger partial charge in [0.05, 0.1) is 12.7 Å². The summed E-state index contributed by atoms with van der Waals surface area (Å²) in [6.07, 6.45) is 2.41. The van der Waals surface area contributed by atoms with E-state index in [4.69, 9.17) is 9.47 Å². The van der Waals surface area contributed by atoms with Crippen molar-refractivity contribution in [2.24, 2.45) is 4.99 Å². The largest absolute Gasteiger partial charge is 0.382 e. The number of rotatable bonds is 8. The van der Waals surface area contributed by atoms with Crippen LogP contribution in [0.15, 0.2) is 4.99 Å². The number of nitrogens with one attached hydrogen (secondary N) is 2. The lowest BCUT2D eigenvalue weighted by Gasteiger charge is -2.30. The second-order valence-corrected chi connectivity index (χ2v) is 5.04. The molecule has 2 N–H and O–H groups in total. The summed E-state index contributed by atoms with van der Waals surface area (Å²) in [6, 6.07) is 0. The maximum absolute atomic E-state index is 5.71. The topological polar surface area (TPSA) is 58.1 Å². The lowest BCUT2D eigenvalue weighted by Crippen LogP contribution is -2.48. The molecular formula is C14H30N4O2. The van der Waals surface area contributed by atoms with Crippen molar-refractivity contribution in [3.8, 4) is 0 Å². The van der Waals surface area contributed by atoms with Gasteiger partial charge in [0.15, 0.2) is 5.96 Å². The van der Waals surface area contributed by atoms with Crippen molar-refractivity contribution >= 4 is 5.96 Å². The molecule has 1 heterocycles. The number of nitrogens with zero attached hydrogens (tertiary/aromatic N) is 2. The van der Waals surface area contributed by atoms with E-state index in [-0.39, 0.29) is 6.10 Å². The maximum atomic E-state index is 5.71. The monoisotopic (exact) mass is 286 g/mol. The first-order chi connectivity index (χ1) is 9.76. The van der Waals surface area contributed by atoms with Crippen LogP contribution >= 0.6 is 0 Å². The average Bonchev–Trinajstić information content (AvgIpc) is 2.46. The summed E-state index contributed by atoms with van der Waals surface area (Å²) in [5.41, 5.74) is 0. The summed E-state index contributed by atoms with van der Waals surface area (Å²) >= 11 is 0. The van der Waals surface area contributed by atoms with Crippen LogP contribution in [0.1, 0.15) is 19.8 Å². The maximum Gasteiger partial charge on any atom is 0.191 e. The van der Waals surface area contributed by atoms with E-state index in [1.165, 1.54) is 0 Å². The van der Waals surface area contributed by atoms with Gasteiger partial charge in [0.2, 0.25) is 0 Å². The molecule has 1 aliphatic rings. The molecule has 0 spiro atoms. The lowest BCUT2D eigenvalue weighted by atomic mass is 10.3. The Morgan fingerprint density at radius 3 is 2.95 bits per heavy atom. The van der Waals surface area contributed by atoms with Crippen molar-refractivity contribution in [3.05, 3.63) is 0 Å². The highest BCUT2D eigenvalue weighted by Gasteiger charge is 2.17. The zero-order valence-corrected chi connectivity index (χ0v) is 13.2. The number of aliphatic imine (C=N–C) groups is 1. The lowest BCUT2D eigenvalue weighted by molar-refractivity contribution is -0.0161. The number of morpholine rings is 1. The van der Waals surface area contributed by atoms with Gasteiger partial charge in [-0.15, -0.1) is 0 Å². The van der Waals surface area contributed by atoms with Crippen molar-refractivity contribution in [2.45, 2.75) is 25.9 Å². The predicted octanol–water partition coefficient (Wildman–Crippen LogP) is 0.299. The van der Waals surface area contributed by atoms with E-state index in [0.29, 0.717) is 0 Å². The average molecular weight is 286 g/mol. The van der Waals surface area contributed by atoms with Crippen LogP contribution in [-0.2, 0) is 9.47 Å². The molecule has 1 unspecified atom stereocenters. The molecule has 20 heavy (non-hydrogen) atoms. The Bertz CT molecular complexity index is 274. The first kappa shape index (κ1) is 17.2. The molecule has 0 bridgehead atoms. The van der Waals surface area contributed by atoms with Gasteiger partial charge >= 0.3 is 0 Å². The van der Waals surface area contributed by atoms with Gasteiger partial charge < -0.3 is 25.0 Å². The van der Waals surface area contributed by atoms with Crippen molar-refractivity contribution in [1.82, 2.24) is 15.5 Å². The molecule has 1 aliphatic heterocycles. The first-order valence-corrected chi connectivity index (χ1v) is 7.58. The highest BCUT2D eigenvalue weighted by Crippen LogP contribution is 2.01. The van der Waals surface area contributed by atoms with E-state index < -0.39 is 0 Å². The minimum absolute atomic E-state index is 0.241. The fourth-order valence-electron chi connectivity index (χ4n) is 2.10. The zero-order chi connectivity index (χ0) is 14.6. The number of guanidine groups is 1. The molecule has 0 saturated carbocycles. The third-order valence-electron chi connectivity index (χ3n) is 3.27. The van der Waals surface area contributed by atoms with Crippen LogP contribution < -0.4 is 10.6 Å². The van der Waals surface area contributed by atoms with Crippen LogP contribution in [0, 0.1) is 0 Å². The van der Waals surface area contributed by atoms with Crippen LogP contribution in [0.4, 0.5) is 0 Å². The molecule has 1 rings (SSSR count). The fraction of sp³-hybridized carbons (Fsp3) is 0.929. The van der Waals surface area contributed by atoms with E-state index in [2.05, 4.69) is 27.6 Å².